The van der Waals surface area contributed by atoms with Crippen LogP contribution in [0, 0.1) is 0 Å². The zero-order valence-electron chi connectivity index (χ0n) is 9.43. The maximum atomic E-state index is 6.32. The molecule has 0 bridgehead atoms. The van der Waals surface area contributed by atoms with E-state index < -0.39 is 5.54 Å². The lowest BCUT2D eigenvalue weighted by molar-refractivity contribution is 0.275. The van der Waals surface area contributed by atoms with Gasteiger partial charge < -0.3 is 14.8 Å². The number of hydrogen-bond donors (Lipinski definition) is 1. The molecule has 0 atom stereocenters. The Balaban J connectivity index is 1.89. The van der Waals surface area contributed by atoms with Crippen LogP contribution in [0.3, 0.4) is 0 Å². The standard InChI is InChI=1S/C11H14N4O2/c12-11(5-2-1-3-6-11)10-13-9(17-15-10)8-4-7-16-14-8/h4,7H,1-3,5-6,12H2. The maximum absolute atomic E-state index is 6.32. The molecule has 1 fully saturated rings. The number of aromatic nitrogens is 3. The van der Waals surface area contributed by atoms with Gasteiger partial charge in [0.25, 0.3) is 5.89 Å². The molecule has 0 aliphatic heterocycles. The Morgan fingerprint density at radius 1 is 1.18 bits per heavy atom. The highest BCUT2D eigenvalue weighted by Gasteiger charge is 2.34. The highest BCUT2D eigenvalue weighted by atomic mass is 16.5. The highest BCUT2D eigenvalue weighted by molar-refractivity contribution is 5.44. The molecule has 6 nitrogen and oxygen atoms in total. The van der Waals surface area contributed by atoms with Gasteiger partial charge in [0, 0.05) is 6.07 Å². The summed E-state index contributed by atoms with van der Waals surface area (Å²) in [5.74, 6) is 0.944. The third-order valence-corrected chi connectivity index (χ3v) is 3.27. The molecule has 3 rings (SSSR count). The van der Waals surface area contributed by atoms with Crippen LogP contribution in [0.25, 0.3) is 11.6 Å². The number of hydrogen-bond acceptors (Lipinski definition) is 6. The molecule has 1 aliphatic rings. The van der Waals surface area contributed by atoms with Crippen molar-refractivity contribution in [3.8, 4) is 11.6 Å². The van der Waals surface area contributed by atoms with Crippen molar-refractivity contribution in [2.45, 2.75) is 37.6 Å². The minimum Gasteiger partial charge on any atom is -0.364 e. The van der Waals surface area contributed by atoms with Crippen molar-refractivity contribution in [3.05, 3.63) is 18.2 Å². The van der Waals surface area contributed by atoms with Crippen LogP contribution < -0.4 is 5.73 Å². The van der Waals surface area contributed by atoms with Gasteiger partial charge >= 0.3 is 0 Å². The molecule has 2 aromatic heterocycles. The Morgan fingerprint density at radius 2 is 2.00 bits per heavy atom. The fourth-order valence-corrected chi connectivity index (χ4v) is 2.26. The summed E-state index contributed by atoms with van der Waals surface area (Å²) >= 11 is 0. The van der Waals surface area contributed by atoms with Crippen LogP contribution in [0.1, 0.15) is 37.9 Å². The summed E-state index contributed by atoms with van der Waals surface area (Å²) in [7, 11) is 0. The van der Waals surface area contributed by atoms with Crippen molar-refractivity contribution in [3.63, 3.8) is 0 Å². The van der Waals surface area contributed by atoms with Gasteiger partial charge in [0.2, 0.25) is 0 Å². The minimum atomic E-state index is -0.441. The quantitative estimate of drug-likeness (QED) is 0.852. The second kappa shape index (κ2) is 3.96. The second-order valence-electron chi connectivity index (χ2n) is 4.52. The lowest BCUT2D eigenvalue weighted by Crippen LogP contribution is -2.39. The first kappa shape index (κ1) is 10.5. The summed E-state index contributed by atoms with van der Waals surface area (Å²) in [5.41, 5.74) is 6.42. The van der Waals surface area contributed by atoms with E-state index in [4.69, 9.17) is 14.8 Å². The van der Waals surface area contributed by atoms with Crippen LogP contribution in [-0.4, -0.2) is 15.3 Å². The molecule has 1 saturated carbocycles. The summed E-state index contributed by atoms with van der Waals surface area (Å²) < 4.78 is 9.90. The predicted molar refractivity (Wildman–Crippen MR) is 58.7 cm³/mol. The third kappa shape index (κ3) is 1.84. The molecule has 0 amide bonds. The van der Waals surface area contributed by atoms with Crippen LogP contribution >= 0.6 is 0 Å². The van der Waals surface area contributed by atoms with Crippen molar-refractivity contribution in [2.75, 3.05) is 0 Å². The summed E-state index contributed by atoms with van der Waals surface area (Å²) in [6, 6.07) is 1.68. The van der Waals surface area contributed by atoms with Crippen molar-refractivity contribution in [2.24, 2.45) is 5.73 Å². The lowest BCUT2D eigenvalue weighted by atomic mass is 9.82. The van der Waals surface area contributed by atoms with Crippen LogP contribution in [0.2, 0.25) is 0 Å². The molecular formula is C11H14N4O2. The van der Waals surface area contributed by atoms with E-state index in [1.807, 2.05) is 0 Å². The van der Waals surface area contributed by atoms with E-state index in [0.717, 1.165) is 25.7 Å². The molecule has 0 spiro atoms. The van der Waals surface area contributed by atoms with Gasteiger partial charge in [0.15, 0.2) is 11.5 Å². The molecule has 0 saturated heterocycles. The molecule has 17 heavy (non-hydrogen) atoms. The number of nitrogens with two attached hydrogens (primary N) is 1. The SMILES string of the molecule is NC1(c2noc(-c3ccon3)n2)CCCCC1. The molecule has 0 aromatic carbocycles. The molecular weight excluding hydrogens is 220 g/mol. The summed E-state index contributed by atoms with van der Waals surface area (Å²) in [5, 5.41) is 7.73. The molecule has 2 aromatic rings. The van der Waals surface area contributed by atoms with Gasteiger partial charge in [-0.05, 0) is 12.8 Å². The number of rotatable bonds is 2. The van der Waals surface area contributed by atoms with Crippen molar-refractivity contribution in [1.29, 1.82) is 0 Å². The molecule has 2 heterocycles. The Kier molecular flexibility index (Phi) is 2.44. The maximum Gasteiger partial charge on any atom is 0.280 e. The van der Waals surface area contributed by atoms with E-state index in [1.54, 1.807) is 6.07 Å². The van der Waals surface area contributed by atoms with E-state index in [-0.39, 0.29) is 0 Å². The Morgan fingerprint density at radius 3 is 2.71 bits per heavy atom. The van der Waals surface area contributed by atoms with Gasteiger partial charge in [-0.25, -0.2) is 0 Å². The Hall–Kier alpha value is -1.69. The summed E-state index contributed by atoms with van der Waals surface area (Å²) in [6.07, 6.45) is 6.75. The molecule has 90 valence electrons. The van der Waals surface area contributed by atoms with Crippen molar-refractivity contribution >= 4 is 0 Å². The fourth-order valence-electron chi connectivity index (χ4n) is 2.26. The normalized spacial score (nSPS) is 19.4. The molecule has 6 heteroatoms. The molecule has 0 unspecified atom stereocenters. The zero-order chi connectivity index (χ0) is 11.7. The van der Waals surface area contributed by atoms with Gasteiger partial charge in [0.1, 0.15) is 6.26 Å². The third-order valence-electron chi connectivity index (χ3n) is 3.27. The predicted octanol–water partition coefficient (Wildman–Crippen LogP) is 1.84. The summed E-state index contributed by atoms with van der Waals surface area (Å²) in [6.45, 7) is 0. The summed E-state index contributed by atoms with van der Waals surface area (Å²) in [4.78, 5) is 4.32. The van der Waals surface area contributed by atoms with E-state index in [0.29, 0.717) is 17.4 Å². The van der Waals surface area contributed by atoms with E-state index in [9.17, 15) is 0 Å². The zero-order valence-corrected chi connectivity index (χ0v) is 9.43. The molecule has 1 aliphatic carbocycles. The van der Waals surface area contributed by atoms with Gasteiger partial charge in [-0.15, -0.1) is 0 Å². The second-order valence-corrected chi connectivity index (χ2v) is 4.52. The van der Waals surface area contributed by atoms with Crippen molar-refractivity contribution < 1.29 is 9.05 Å². The minimum absolute atomic E-state index is 0.365. The fraction of sp³-hybridized carbons (Fsp3) is 0.545. The monoisotopic (exact) mass is 234 g/mol. The first-order valence-electron chi connectivity index (χ1n) is 5.82. The van der Waals surface area contributed by atoms with Crippen LogP contribution in [0.4, 0.5) is 0 Å². The van der Waals surface area contributed by atoms with Gasteiger partial charge in [-0.3, -0.25) is 0 Å². The number of nitrogens with zero attached hydrogens (tertiary/aromatic N) is 3. The average molecular weight is 234 g/mol. The largest absolute Gasteiger partial charge is 0.364 e. The van der Waals surface area contributed by atoms with E-state index in [1.165, 1.54) is 12.7 Å². The Bertz CT molecular complexity index is 485. The highest BCUT2D eigenvalue weighted by Crippen LogP contribution is 2.33. The first-order valence-corrected chi connectivity index (χ1v) is 5.82. The van der Waals surface area contributed by atoms with E-state index >= 15 is 0 Å². The smallest absolute Gasteiger partial charge is 0.280 e. The van der Waals surface area contributed by atoms with Crippen LogP contribution in [0.5, 0.6) is 0 Å². The van der Waals surface area contributed by atoms with Gasteiger partial charge in [-0.2, -0.15) is 4.98 Å². The van der Waals surface area contributed by atoms with Gasteiger partial charge in [-0.1, -0.05) is 29.6 Å². The molecule has 2 N–H and O–H groups in total. The lowest BCUT2D eigenvalue weighted by Gasteiger charge is -2.29. The first-order chi connectivity index (χ1) is 8.28. The topological polar surface area (TPSA) is 91.0 Å². The Labute approximate surface area is 98.2 Å². The van der Waals surface area contributed by atoms with Crippen LogP contribution in [-0.2, 0) is 5.54 Å². The van der Waals surface area contributed by atoms with Crippen LogP contribution in [0.15, 0.2) is 21.4 Å². The van der Waals surface area contributed by atoms with E-state index in [2.05, 4.69) is 15.3 Å². The van der Waals surface area contributed by atoms with Gasteiger partial charge in [0.05, 0.1) is 5.54 Å². The molecule has 0 radical (unpaired) electrons. The average Bonchev–Trinajstić information content (AvgIpc) is 3.01. The van der Waals surface area contributed by atoms with Crippen molar-refractivity contribution in [1.82, 2.24) is 15.3 Å².